The third-order valence-electron chi connectivity index (χ3n) is 6.45. The number of hydrogen-bond acceptors (Lipinski definition) is 11. The Labute approximate surface area is 265 Å². The number of nitrogens with one attached hydrogen (secondary N) is 7. The summed E-state index contributed by atoms with van der Waals surface area (Å²) in [5.74, 6) is -9.16. The third kappa shape index (κ3) is 12.6. The van der Waals surface area contributed by atoms with Crippen molar-refractivity contribution in [2.24, 2.45) is 5.73 Å². The highest BCUT2D eigenvalue weighted by atomic mass is 16.4. The molecule has 0 aliphatic carbocycles. The molecule has 2 heterocycles. The number of nitrogens with two attached hydrogens (primary N) is 1. The highest BCUT2D eigenvalue weighted by Gasteiger charge is 2.33. The zero-order chi connectivity index (χ0) is 35.3. The minimum atomic E-state index is -1.77. The van der Waals surface area contributed by atoms with Crippen molar-refractivity contribution in [1.82, 2.24) is 46.5 Å². The van der Waals surface area contributed by atoms with Gasteiger partial charge in [-0.25, -0.2) is 9.97 Å². The predicted octanol–water partition coefficient (Wildman–Crippen LogP) is -4.26. The van der Waals surface area contributed by atoms with Crippen molar-refractivity contribution in [1.29, 1.82) is 0 Å². The van der Waals surface area contributed by atoms with Crippen LogP contribution in [0.25, 0.3) is 0 Å². The summed E-state index contributed by atoms with van der Waals surface area (Å²) in [4.78, 5) is 111. The van der Waals surface area contributed by atoms with Crippen LogP contribution in [-0.4, -0.2) is 119 Å². The van der Waals surface area contributed by atoms with Gasteiger partial charge in [-0.15, -0.1) is 0 Å². The maximum absolute atomic E-state index is 13.2. The second kappa shape index (κ2) is 17.6. The highest BCUT2D eigenvalue weighted by Crippen LogP contribution is 2.05. The summed E-state index contributed by atoms with van der Waals surface area (Å²) in [5, 5.41) is 38.8. The molecule has 5 amide bonds. The maximum atomic E-state index is 13.2. The molecular formula is C26H36N10O11. The molecule has 0 aliphatic heterocycles. The number of aromatic nitrogens is 4. The first-order valence-electron chi connectivity index (χ1n) is 14.0. The van der Waals surface area contributed by atoms with Gasteiger partial charge in [0.15, 0.2) is 0 Å². The van der Waals surface area contributed by atoms with Crippen LogP contribution in [0.15, 0.2) is 25.0 Å². The molecule has 0 spiro atoms. The SMILES string of the molecule is C[C@H](NC(=O)[C@H](Cc1cnc[nH]1)NC(=O)[C@H](C)NC(=O)[C@H](CC(=O)O)NC(=O)[C@H](Cc1cnc[nH]1)NC(=O)[C@@H](N)CC(=O)O)C(=O)O. The predicted molar refractivity (Wildman–Crippen MR) is 156 cm³/mol. The minimum absolute atomic E-state index is 0.137. The van der Waals surface area contributed by atoms with E-state index in [4.69, 9.17) is 15.9 Å². The van der Waals surface area contributed by atoms with Crippen LogP contribution in [-0.2, 0) is 51.2 Å². The van der Waals surface area contributed by atoms with E-state index in [1.54, 1.807) is 0 Å². The summed E-state index contributed by atoms with van der Waals surface area (Å²) in [6, 6.07) is -8.80. The first kappa shape index (κ1) is 37.3. The van der Waals surface area contributed by atoms with Gasteiger partial charge in [0, 0.05) is 36.6 Å². The van der Waals surface area contributed by atoms with Gasteiger partial charge in [-0.05, 0) is 13.8 Å². The zero-order valence-electron chi connectivity index (χ0n) is 25.2. The van der Waals surface area contributed by atoms with Gasteiger partial charge in [-0.3, -0.25) is 38.4 Å². The van der Waals surface area contributed by atoms with Crippen LogP contribution in [0.3, 0.4) is 0 Å². The van der Waals surface area contributed by atoms with E-state index < -0.39 is 96.5 Å². The van der Waals surface area contributed by atoms with E-state index in [1.165, 1.54) is 38.9 Å². The second-order valence-corrected chi connectivity index (χ2v) is 10.3. The van der Waals surface area contributed by atoms with Crippen LogP contribution < -0.4 is 32.3 Å². The van der Waals surface area contributed by atoms with E-state index in [1.807, 2.05) is 0 Å². The van der Waals surface area contributed by atoms with Crippen molar-refractivity contribution < 1.29 is 53.7 Å². The van der Waals surface area contributed by atoms with E-state index in [-0.39, 0.29) is 12.8 Å². The number of carbonyl (C=O) groups is 8. The molecule has 256 valence electrons. The van der Waals surface area contributed by atoms with Crippen molar-refractivity contribution in [3.05, 3.63) is 36.4 Å². The van der Waals surface area contributed by atoms with Gasteiger partial charge < -0.3 is 57.6 Å². The van der Waals surface area contributed by atoms with E-state index >= 15 is 0 Å². The molecule has 0 unspecified atom stereocenters. The Kier molecular flexibility index (Phi) is 14.0. The number of nitrogens with zero attached hydrogens (tertiary/aromatic N) is 2. The molecule has 21 nitrogen and oxygen atoms in total. The molecule has 6 atom stereocenters. The molecule has 0 saturated heterocycles. The smallest absolute Gasteiger partial charge is 0.325 e. The van der Waals surface area contributed by atoms with Gasteiger partial charge in [0.2, 0.25) is 29.5 Å². The van der Waals surface area contributed by atoms with E-state index in [0.29, 0.717) is 11.4 Å². The standard InChI is InChI=1S/C26H36N10O11/c1-11(21(41)34-16(3-13-7-28-9-30-13)23(43)33-12(2)26(46)47)32-24(44)18(6-20(39)40)36-25(45)17(4-14-8-29-10-31-14)35-22(42)15(27)5-19(37)38/h7-12,15-18H,3-6,27H2,1-2H3,(H,28,30)(H,29,31)(H,32,44)(H,33,43)(H,34,41)(H,35,42)(H,36,45)(H,37,38)(H,39,40)(H,46,47)/t11-,12-,15-,16-,17-,18-/m0/s1. The lowest BCUT2D eigenvalue weighted by Gasteiger charge is -2.25. The average Bonchev–Trinajstić information content (AvgIpc) is 3.69. The van der Waals surface area contributed by atoms with Crippen molar-refractivity contribution in [2.75, 3.05) is 0 Å². The van der Waals surface area contributed by atoms with Gasteiger partial charge in [0.1, 0.15) is 30.2 Å². The molecule has 2 rings (SSSR count). The highest BCUT2D eigenvalue weighted by molar-refractivity contribution is 5.97. The van der Waals surface area contributed by atoms with Crippen molar-refractivity contribution in [3.63, 3.8) is 0 Å². The molecule has 21 heteroatoms. The lowest BCUT2D eigenvalue weighted by atomic mass is 10.1. The summed E-state index contributed by atoms with van der Waals surface area (Å²) in [6.07, 6.45) is 3.23. The first-order valence-corrected chi connectivity index (χ1v) is 14.0. The lowest BCUT2D eigenvalue weighted by Crippen LogP contribution is -2.59. The maximum Gasteiger partial charge on any atom is 0.325 e. The van der Waals surface area contributed by atoms with Gasteiger partial charge in [-0.2, -0.15) is 0 Å². The Morgan fingerprint density at radius 3 is 1.51 bits per heavy atom. The van der Waals surface area contributed by atoms with Crippen LogP contribution in [0.4, 0.5) is 0 Å². The normalized spacial score (nSPS) is 14.6. The fourth-order valence-electron chi connectivity index (χ4n) is 3.92. The lowest BCUT2D eigenvalue weighted by molar-refractivity contribution is -0.141. The summed E-state index contributed by atoms with van der Waals surface area (Å²) < 4.78 is 0. The molecule has 0 radical (unpaired) electrons. The summed E-state index contributed by atoms with van der Waals surface area (Å²) in [7, 11) is 0. The number of rotatable bonds is 19. The van der Waals surface area contributed by atoms with Crippen LogP contribution in [0.2, 0.25) is 0 Å². The second-order valence-electron chi connectivity index (χ2n) is 10.3. The third-order valence-corrected chi connectivity index (χ3v) is 6.45. The number of aromatic amines is 2. The Morgan fingerprint density at radius 1 is 0.638 bits per heavy atom. The van der Waals surface area contributed by atoms with Gasteiger partial charge >= 0.3 is 17.9 Å². The Hall–Kier alpha value is -5.86. The molecule has 0 saturated carbocycles. The van der Waals surface area contributed by atoms with Crippen LogP contribution in [0.1, 0.15) is 38.1 Å². The quantitative estimate of drug-likeness (QED) is 0.0677. The fourth-order valence-corrected chi connectivity index (χ4v) is 3.92. The number of H-pyrrole nitrogens is 2. The average molecular weight is 665 g/mol. The number of imidazole rings is 2. The number of aliphatic carboxylic acids is 3. The molecular weight excluding hydrogens is 628 g/mol. The summed E-state index contributed by atoms with van der Waals surface area (Å²) >= 11 is 0. The van der Waals surface area contributed by atoms with Crippen molar-refractivity contribution >= 4 is 47.4 Å². The molecule has 2 aromatic rings. The largest absolute Gasteiger partial charge is 0.481 e. The molecule has 0 fully saturated rings. The number of amides is 5. The van der Waals surface area contributed by atoms with E-state index in [2.05, 4.69) is 46.5 Å². The monoisotopic (exact) mass is 664 g/mol. The topological polar surface area (TPSA) is 341 Å². The number of hydrogen-bond donors (Lipinski definition) is 11. The van der Waals surface area contributed by atoms with Gasteiger partial charge in [-0.1, -0.05) is 0 Å². The fraction of sp³-hybridized carbons (Fsp3) is 0.462. The van der Waals surface area contributed by atoms with E-state index in [9.17, 15) is 43.5 Å². The van der Waals surface area contributed by atoms with Crippen molar-refractivity contribution in [3.8, 4) is 0 Å². The zero-order valence-corrected chi connectivity index (χ0v) is 25.2. The van der Waals surface area contributed by atoms with Crippen LogP contribution in [0.5, 0.6) is 0 Å². The van der Waals surface area contributed by atoms with Crippen molar-refractivity contribution in [2.45, 2.75) is 75.8 Å². The Balaban J connectivity index is 2.17. The molecule has 0 bridgehead atoms. The Morgan fingerprint density at radius 2 is 1.06 bits per heavy atom. The molecule has 12 N–H and O–H groups in total. The molecule has 2 aromatic heterocycles. The van der Waals surface area contributed by atoms with E-state index in [0.717, 1.165) is 0 Å². The summed E-state index contributed by atoms with van der Waals surface area (Å²) in [5.41, 5.74) is 6.34. The number of carboxylic acid groups (broad SMARTS) is 3. The van der Waals surface area contributed by atoms with Crippen LogP contribution in [0, 0.1) is 0 Å². The summed E-state index contributed by atoms with van der Waals surface area (Å²) in [6.45, 7) is 2.42. The minimum Gasteiger partial charge on any atom is -0.481 e. The Bertz CT molecular complexity index is 1430. The van der Waals surface area contributed by atoms with Gasteiger partial charge in [0.05, 0.1) is 31.5 Å². The first-order chi connectivity index (χ1) is 22.1. The molecule has 47 heavy (non-hydrogen) atoms. The number of carboxylic acids is 3. The van der Waals surface area contributed by atoms with Crippen LogP contribution >= 0.6 is 0 Å². The number of carbonyl (C=O) groups excluding carboxylic acids is 5. The molecule has 0 aromatic carbocycles. The van der Waals surface area contributed by atoms with Gasteiger partial charge in [0.25, 0.3) is 0 Å². The molecule has 0 aliphatic rings.